The van der Waals surface area contributed by atoms with E-state index in [0.717, 1.165) is 27.5 Å². The van der Waals surface area contributed by atoms with Crippen LogP contribution in [0.4, 0.5) is 0 Å². The Kier molecular flexibility index (Phi) is 13.5. The molecule has 0 aliphatic heterocycles. The molecule has 0 saturated heterocycles. The van der Waals surface area contributed by atoms with Gasteiger partial charge in [0.05, 0.1) is 36.5 Å². The van der Waals surface area contributed by atoms with Crippen molar-refractivity contribution in [2.45, 2.75) is 33.1 Å². The van der Waals surface area contributed by atoms with Crippen molar-refractivity contribution in [3.8, 4) is 11.5 Å². The molecule has 0 saturated carbocycles. The van der Waals surface area contributed by atoms with Crippen molar-refractivity contribution >= 4 is 40.6 Å². The van der Waals surface area contributed by atoms with Crippen LogP contribution in [-0.4, -0.2) is 49.7 Å². The van der Waals surface area contributed by atoms with Crippen LogP contribution in [0.15, 0.2) is 133 Å². The Balaban J connectivity index is 1.05. The molecule has 10 heteroatoms. The lowest BCUT2D eigenvalue weighted by Gasteiger charge is -2.09. The van der Waals surface area contributed by atoms with Gasteiger partial charge in [0.25, 0.3) is 0 Å². The largest absolute Gasteiger partial charge is 0.462 e. The molecule has 0 N–H and O–H groups in total. The van der Waals surface area contributed by atoms with Gasteiger partial charge in [-0.05, 0) is 102 Å². The molecule has 0 spiro atoms. The lowest BCUT2D eigenvalue weighted by atomic mass is 10.1. The van der Waals surface area contributed by atoms with Gasteiger partial charge in [-0.2, -0.15) is 0 Å². The first-order valence-corrected chi connectivity index (χ1v) is 17.5. The van der Waals surface area contributed by atoms with E-state index in [-0.39, 0.29) is 19.8 Å². The quantitative estimate of drug-likeness (QED) is 0.0424. The molecule has 0 radical (unpaired) electrons. The van der Waals surface area contributed by atoms with Crippen LogP contribution >= 0.6 is 0 Å². The van der Waals surface area contributed by atoms with Gasteiger partial charge in [0, 0.05) is 30.4 Å². The highest BCUT2D eigenvalue weighted by Gasteiger charge is 2.13. The summed E-state index contributed by atoms with van der Waals surface area (Å²) in [6.45, 7) is 10.9. The Morgan fingerprint density at radius 3 is 1.31 bits per heavy atom. The Labute approximate surface area is 318 Å². The van der Waals surface area contributed by atoms with Gasteiger partial charge in [0.15, 0.2) is 0 Å². The molecule has 5 aromatic rings. The first-order chi connectivity index (χ1) is 26.4. The SMILES string of the molecule is C=C(C)C(=O)OCCc1ccc(C(=O)Oc2ccc(CCOC(=O)c3ccc4cc(OC(=O)c5ccc(CCOC(=O)C(=C)C)cc5)ccc4c3)cc2)cc1. The highest BCUT2D eigenvalue weighted by atomic mass is 16.5. The number of esters is 5. The minimum Gasteiger partial charge on any atom is -0.462 e. The second kappa shape index (κ2) is 18.8. The number of benzene rings is 5. The average molecular weight is 741 g/mol. The molecule has 280 valence electrons. The van der Waals surface area contributed by atoms with E-state index in [1.807, 2.05) is 0 Å². The fourth-order valence-electron chi connectivity index (χ4n) is 5.20. The Bertz CT molecular complexity index is 2220. The third kappa shape index (κ3) is 11.6. The normalized spacial score (nSPS) is 10.6. The zero-order chi connectivity index (χ0) is 39.3. The maximum absolute atomic E-state index is 12.8. The number of carbonyl (C=O) groups is 5. The monoisotopic (exact) mass is 740 g/mol. The number of carbonyl (C=O) groups excluding carboxylic acids is 5. The van der Waals surface area contributed by atoms with Gasteiger partial charge < -0.3 is 23.7 Å². The Morgan fingerprint density at radius 2 is 0.818 bits per heavy atom. The van der Waals surface area contributed by atoms with Crippen LogP contribution in [0.2, 0.25) is 0 Å². The van der Waals surface area contributed by atoms with E-state index >= 15 is 0 Å². The third-order valence-electron chi connectivity index (χ3n) is 8.34. The molecule has 0 heterocycles. The summed E-state index contributed by atoms with van der Waals surface area (Å²) in [5.41, 5.74) is 4.52. The van der Waals surface area contributed by atoms with Gasteiger partial charge in [-0.25, -0.2) is 24.0 Å². The second-order valence-electron chi connectivity index (χ2n) is 12.8. The van der Waals surface area contributed by atoms with Gasteiger partial charge in [0.2, 0.25) is 0 Å². The maximum atomic E-state index is 12.8. The number of ether oxygens (including phenoxy) is 5. The summed E-state index contributed by atoms with van der Waals surface area (Å²) < 4.78 is 26.8. The van der Waals surface area contributed by atoms with Crippen molar-refractivity contribution in [2.24, 2.45) is 0 Å². The first-order valence-electron chi connectivity index (χ1n) is 17.5. The van der Waals surface area contributed by atoms with Crippen LogP contribution in [0.1, 0.15) is 61.6 Å². The number of hydrogen-bond acceptors (Lipinski definition) is 10. The zero-order valence-electron chi connectivity index (χ0n) is 30.6. The molecule has 0 amide bonds. The zero-order valence-corrected chi connectivity index (χ0v) is 30.6. The predicted molar refractivity (Wildman–Crippen MR) is 206 cm³/mol. The summed E-state index contributed by atoms with van der Waals surface area (Å²) in [5.74, 6) is -1.64. The summed E-state index contributed by atoms with van der Waals surface area (Å²) >= 11 is 0. The summed E-state index contributed by atoms with van der Waals surface area (Å²) in [5, 5.41) is 1.55. The highest BCUT2D eigenvalue weighted by Crippen LogP contribution is 2.24. The summed E-state index contributed by atoms with van der Waals surface area (Å²) in [6.07, 6.45) is 1.47. The fraction of sp³-hybridized carbons (Fsp3) is 0.178. The molecule has 55 heavy (non-hydrogen) atoms. The van der Waals surface area contributed by atoms with E-state index in [0.29, 0.717) is 58.6 Å². The number of rotatable bonds is 16. The van der Waals surface area contributed by atoms with Crippen molar-refractivity contribution in [3.63, 3.8) is 0 Å². The van der Waals surface area contributed by atoms with Crippen LogP contribution in [-0.2, 0) is 43.1 Å². The molecule has 10 nitrogen and oxygen atoms in total. The van der Waals surface area contributed by atoms with E-state index < -0.39 is 29.8 Å². The van der Waals surface area contributed by atoms with Crippen molar-refractivity contribution in [2.75, 3.05) is 19.8 Å². The van der Waals surface area contributed by atoms with Crippen molar-refractivity contribution < 1.29 is 47.7 Å². The standard InChI is InChI=1S/C45H40O10/c1-29(2)41(46)51-24-21-31-5-11-34(12-6-31)44(49)54-39-18-9-33(10-19-39)23-26-53-43(48)38-16-15-37-28-40(20-17-36(37)27-38)55-45(50)35-13-7-32(8-14-35)22-25-52-42(47)30(3)4/h5-20,27-28H,1,3,21-26H2,2,4H3. The van der Waals surface area contributed by atoms with Crippen molar-refractivity contribution in [3.05, 3.63) is 167 Å². The van der Waals surface area contributed by atoms with E-state index in [2.05, 4.69) is 13.2 Å². The van der Waals surface area contributed by atoms with Crippen LogP contribution < -0.4 is 9.47 Å². The molecule has 5 rings (SSSR count). The summed E-state index contributed by atoms with van der Waals surface area (Å²) in [7, 11) is 0. The van der Waals surface area contributed by atoms with E-state index in [1.54, 1.807) is 123 Å². The molecular weight excluding hydrogens is 700 g/mol. The molecular formula is C45H40O10. The van der Waals surface area contributed by atoms with Gasteiger partial charge in [-0.15, -0.1) is 0 Å². The fourth-order valence-corrected chi connectivity index (χ4v) is 5.20. The van der Waals surface area contributed by atoms with E-state index in [1.165, 1.54) is 0 Å². The van der Waals surface area contributed by atoms with Crippen LogP contribution in [0, 0.1) is 0 Å². The molecule has 0 aliphatic rings. The topological polar surface area (TPSA) is 132 Å². The van der Waals surface area contributed by atoms with Crippen molar-refractivity contribution in [1.82, 2.24) is 0 Å². The molecule has 0 bridgehead atoms. The van der Waals surface area contributed by atoms with Gasteiger partial charge in [-0.3, -0.25) is 0 Å². The molecule has 0 fully saturated rings. The highest BCUT2D eigenvalue weighted by molar-refractivity contribution is 5.96. The summed E-state index contributed by atoms with van der Waals surface area (Å²) in [4.78, 5) is 61.3. The van der Waals surface area contributed by atoms with Gasteiger partial charge in [-0.1, -0.05) is 61.7 Å². The number of hydrogen-bond donors (Lipinski definition) is 0. The lowest BCUT2D eigenvalue weighted by Crippen LogP contribution is -2.10. The minimum absolute atomic E-state index is 0.146. The van der Waals surface area contributed by atoms with Gasteiger partial charge in [0.1, 0.15) is 11.5 Å². The molecule has 0 aromatic heterocycles. The lowest BCUT2D eigenvalue weighted by molar-refractivity contribution is -0.139. The van der Waals surface area contributed by atoms with Crippen LogP contribution in [0.25, 0.3) is 10.8 Å². The van der Waals surface area contributed by atoms with Gasteiger partial charge >= 0.3 is 29.8 Å². The van der Waals surface area contributed by atoms with Crippen LogP contribution in [0.3, 0.4) is 0 Å². The van der Waals surface area contributed by atoms with Crippen LogP contribution in [0.5, 0.6) is 11.5 Å². The predicted octanol–water partition coefficient (Wildman–Crippen LogP) is 8.00. The third-order valence-corrected chi connectivity index (χ3v) is 8.34. The van der Waals surface area contributed by atoms with Crippen molar-refractivity contribution in [1.29, 1.82) is 0 Å². The molecule has 0 atom stereocenters. The smallest absolute Gasteiger partial charge is 0.343 e. The number of fused-ring (bicyclic) bond motifs is 1. The molecule has 5 aromatic carbocycles. The Morgan fingerprint density at radius 1 is 0.436 bits per heavy atom. The van der Waals surface area contributed by atoms with E-state index in [4.69, 9.17) is 23.7 Å². The van der Waals surface area contributed by atoms with E-state index in [9.17, 15) is 24.0 Å². The summed E-state index contributed by atoms with van der Waals surface area (Å²) in [6, 6.07) is 31.0. The minimum atomic E-state index is -0.518. The second-order valence-corrected chi connectivity index (χ2v) is 12.8. The average Bonchev–Trinajstić information content (AvgIpc) is 3.18. The molecule has 0 unspecified atom stereocenters. The maximum Gasteiger partial charge on any atom is 0.343 e. The molecule has 0 aliphatic carbocycles. The Hall–Kier alpha value is -6.81. The first kappa shape index (κ1) is 39.4.